The minimum atomic E-state index is -0.120. The summed E-state index contributed by atoms with van der Waals surface area (Å²) in [6.45, 7) is 10.9. The molecule has 28 heavy (non-hydrogen) atoms. The third kappa shape index (κ3) is 5.42. The van der Waals surface area contributed by atoms with Crippen molar-refractivity contribution in [3.05, 3.63) is 42.4 Å². The maximum Gasteiger partial charge on any atom is 0.220 e. The molecule has 1 amide bonds. The summed E-state index contributed by atoms with van der Waals surface area (Å²) in [5.74, 6) is 1.33. The molecule has 2 unspecified atom stereocenters. The van der Waals surface area contributed by atoms with Crippen LogP contribution >= 0.6 is 0 Å². The number of hydrogen-bond donors (Lipinski definition) is 1. The van der Waals surface area contributed by atoms with E-state index in [2.05, 4.69) is 42.9 Å². The first-order chi connectivity index (χ1) is 13.3. The summed E-state index contributed by atoms with van der Waals surface area (Å²) in [5.41, 5.74) is 0.868. The Morgan fingerprint density at radius 3 is 2.57 bits per heavy atom. The molecular formula is C22H31N3O3. The van der Waals surface area contributed by atoms with E-state index < -0.39 is 0 Å². The molecule has 1 aliphatic rings. The standard InChI is InChI=1S/C22H31N3O3/c1-16-13-25(14-17(2)27-16)22(3,4)15-24-20(26)10-11-21-23-12-19(28-21)18-8-6-5-7-9-18/h5-9,12,16-17H,10-11,13-15H2,1-4H3,(H,24,26). The van der Waals surface area contributed by atoms with E-state index in [0.717, 1.165) is 24.4 Å². The van der Waals surface area contributed by atoms with Gasteiger partial charge in [-0.2, -0.15) is 0 Å². The number of carbonyl (C=O) groups is 1. The zero-order chi connectivity index (χ0) is 20.1. The molecule has 1 fully saturated rings. The predicted molar refractivity (Wildman–Crippen MR) is 109 cm³/mol. The van der Waals surface area contributed by atoms with Crippen LogP contribution in [0.15, 0.2) is 40.9 Å². The van der Waals surface area contributed by atoms with Gasteiger partial charge in [0.15, 0.2) is 11.7 Å². The Labute approximate surface area is 167 Å². The van der Waals surface area contributed by atoms with Gasteiger partial charge in [0.05, 0.1) is 18.4 Å². The molecule has 1 aromatic carbocycles. The number of oxazole rings is 1. The number of amides is 1. The second kappa shape index (κ2) is 8.88. The van der Waals surface area contributed by atoms with Crippen LogP contribution < -0.4 is 5.32 Å². The zero-order valence-corrected chi connectivity index (χ0v) is 17.3. The topological polar surface area (TPSA) is 67.6 Å². The fourth-order valence-electron chi connectivity index (χ4n) is 3.57. The number of hydrogen-bond acceptors (Lipinski definition) is 5. The molecule has 1 saturated heterocycles. The molecule has 2 heterocycles. The number of rotatable bonds is 7. The molecule has 152 valence electrons. The summed E-state index contributed by atoms with van der Waals surface area (Å²) >= 11 is 0. The highest BCUT2D eigenvalue weighted by molar-refractivity contribution is 5.76. The molecule has 0 radical (unpaired) electrons. The van der Waals surface area contributed by atoms with Crippen molar-refractivity contribution in [1.82, 2.24) is 15.2 Å². The number of benzene rings is 1. The smallest absolute Gasteiger partial charge is 0.220 e. The Hall–Kier alpha value is -2.18. The van der Waals surface area contributed by atoms with E-state index in [1.807, 2.05) is 30.3 Å². The number of aromatic nitrogens is 1. The van der Waals surface area contributed by atoms with Crippen molar-refractivity contribution in [2.24, 2.45) is 0 Å². The minimum Gasteiger partial charge on any atom is -0.441 e. The highest BCUT2D eigenvalue weighted by atomic mass is 16.5. The number of aryl methyl sites for hydroxylation is 1. The summed E-state index contributed by atoms with van der Waals surface area (Å²) in [7, 11) is 0. The second-order valence-electron chi connectivity index (χ2n) is 8.24. The molecule has 1 aromatic heterocycles. The van der Waals surface area contributed by atoms with Gasteiger partial charge in [-0.15, -0.1) is 0 Å². The zero-order valence-electron chi connectivity index (χ0n) is 17.3. The van der Waals surface area contributed by atoms with Gasteiger partial charge >= 0.3 is 0 Å². The van der Waals surface area contributed by atoms with Crippen LogP contribution in [0.3, 0.4) is 0 Å². The average Bonchev–Trinajstić information content (AvgIpc) is 3.14. The molecule has 0 spiro atoms. The van der Waals surface area contributed by atoms with Crippen LogP contribution in [0.2, 0.25) is 0 Å². The van der Waals surface area contributed by atoms with Gasteiger partial charge in [-0.05, 0) is 27.7 Å². The van der Waals surface area contributed by atoms with Crippen LogP contribution in [-0.2, 0) is 16.0 Å². The van der Waals surface area contributed by atoms with Crippen molar-refractivity contribution < 1.29 is 13.9 Å². The highest BCUT2D eigenvalue weighted by Crippen LogP contribution is 2.21. The Morgan fingerprint density at radius 1 is 1.21 bits per heavy atom. The largest absolute Gasteiger partial charge is 0.441 e. The van der Waals surface area contributed by atoms with Crippen LogP contribution in [0.1, 0.15) is 40.0 Å². The summed E-state index contributed by atoms with van der Waals surface area (Å²) in [4.78, 5) is 19.0. The van der Waals surface area contributed by atoms with E-state index in [4.69, 9.17) is 9.15 Å². The molecule has 6 heteroatoms. The molecular weight excluding hydrogens is 354 g/mol. The fourth-order valence-corrected chi connectivity index (χ4v) is 3.57. The maximum atomic E-state index is 12.3. The number of carbonyl (C=O) groups excluding carboxylic acids is 1. The Balaban J connectivity index is 1.46. The minimum absolute atomic E-state index is 0.0156. The van der Waals surface area contributed by atoms with Crippen LogP contribution in [-0.4, -0.2) is 53.2 Å². The lowest BCUT2D eigenvalue weighted by Gasteiger charge is -2.45. The van der Waals surface area contributed by atoms with Gasteiger partial charge in [0.25, 0.3) is 0 Å². The number of ether oxygens (including phenoxy) is 1. The highest BCUT2D eigenvalue weighted by Gasteiger charge is 2.33. The van der Waals surface area contributed by atoms with Gasteiger partial charge in [-0.25, -0.2) is 4.98 Å². The number of nitrogens with one attached hydrogen (secondary N) is 1. The molecule has 6 nitrogen and oxygen atoms in total. The summed E-state index contributed by atoms with van der Waals surface area (Å²) < 4.78 is 11.6. The van der Waals surface area contributed by atoms with Gasteiger partial charge < -0.3 is 14.5 Å². The quantitative estimate of drug-likeness (QED) is 0.792. The number of nitrogens with zero attached hydrogens (tertiary/aromatic N) is 2. The predicted octanol–water partition coefficient (Wildman–Crippen LogP) is 3.28. The SMILES string of the molecule is CC1CN(C(C)(C)CNC(=O)CCc2ncc(-c3ccccc3)o2)CC(C)O1. The monoisotopic (exact) mass is 385 g/mol. The van der Waals surface area contributed by atoms with Crippen molar-refractivity contribution in [3.8, 4) is 11.3 Å². The normalized spacial score (nSPS) is 20.9. The summed E-state index contributed by atoms with van der Waals surface area (Å²) in [6, 6.07) is 9.84. The molecule has 2 atom stereocenters. The van der Waals surface area contributed by atoms with Crippen LogP contribution in [0.5, 0.6) is 0 Å². The van der Waals surface area contributed by atoms with Crippen molar-refractivity contribution in [2.45, 2.75) is 58.3 Å². The lowest BCUT2D eigenvalue weighted by Crippen LogP contribution is -2.58. The third-order valence-electron chi connectivity index (χ3n) is 5.17. The maximum absolute atomic E-state index is 12.3. The van der Waals surface area contributed by atoms with Gasteiger partial charge in [-0.3, -0.25) is 9.69 Å². The van der Waals surface area contributed by atoms with Gasteiger partial charge in [-0.1, -0.05) is 30.3 Å². The van der Waals surface area contributed by atoms with E-state index in [-0.39, 0.29) is 23.7 Å². The molecule has 1 aliphatic heterocycles. The van der Waals surface area contributed by atoms with E-state index in [1.54, 1.807) is 6.20 Å². The lowest BCUT2D eigenvalue weighted by atomic mass is 10.00. The molecule has 1 N–H and O–H groups in total. The van der Waals surface area contributed by atoms with Crippen LogP contribution in [0.25, 0.3) is 11.3 Å². The number of morpholine rings is 1. The summed E-state index contributed by atoms with van der Waals surface area (Å²) in [5, 5.41) is 3.07. The fraction of sp³-hybridized carbons (Fsp3) is 0.545. The third-order valence-corrected chi connectivity index (χ3v) is 5.17. The van der Waals surface area contributed by atoms with Crippen LogP contribution in [0, 0.1) is 0 Å². The van der Waals surface area contributed by atoms with Gasteiger partial charge in [0.1, 0.15) is 0 Å². The first kappa shape index (κ1) is 20.6. The van der Waals surface area contributed by atoms with E-state index in [1.165, 1.54) is 0 Å². The second-order valence-corrected chi connectivity index (χ2v) is 8.24. The first-order valence-corrected chi connectivity index (χ1v) is 10.0. The van der Waals surface area contributed by atoms with E-state index >= 15 is 0 Å². The Bertz CT molecular complexity index is 762. The van der Waals surface area contributed by atoms with Crippen molar-refractivity contribution in [2.75, 3.05) is 19.6 Å². The molecule has 3 rings (SSSR count). The Kier molecular flexibility index (Phi) is 6.52. The molecule has 2 aromatic rings. The van der Waals surface area contributed by atoms with Crippen molar-refractivity contribution in [3.63, 3.8) is 0 Å². The van der Waals surface area contributed by atoms with Gasteiger partial charge in [0, 0.05) is 43.6 Å². The first-order valence-electron chi connectivity index (χ1n) is 10.0. The molecule has 0 saturated carbocycles. The Morgan fingerprint density at radius 2 is 1.89 bits per heavy atom. The molecule has 0 bridgehead atoms. The summed E-state index contributed by atoms with van der Waals surface area (Å²) in [6.07, 6.45) is 2.99. The van der Waals surface area contributed by atoms with Crippen molar-refractivity contribution >= 4 is 5.91 Å². The van der Waals surface area contributed by atoms with Gasteiger partial charge in [0.2, 0.25) is 5.91 Å². The average molecular weight is 386 g/mol. The lowest BCUT2D eigenvalue weighted by molar-refractivity contribution is -0.123. The van der Waals surface area contributed by atoms with Crippen molar-refractivity contribution in [1.29, 1.82) is 0 Å². The molecule has 0 aliphatic carbocycles. The van der Waals surface area contributed by atoms with E-state index in [0.29, 0.717) is 25.3 Å². The van der Waals surface area contributed by atoms with E-state index in [9.17, 15) is 4.79 Å². The van der Waals surface area contributed by atoms with Crippen LogP contribution in [0.4, 0.5) is 0 Å².